The van der Waals surface area contributed by atoms with Gasteiger partial charge in [-0.05, 0) is 24.3 Å². The van der Waals surface area contributed by atoms with Crippen LogP contribution in [0, 0.1) is 0 Å². The van der Waals surface area contributed by atoms with E-state index in [-0.39, 0.29) is 5.91 Å². The van der Waals surface area contributed by atoms with Crippen molar-refractivity contribution in [3.05, 3.63) is 48.0 Å². The average Bonchev–Trinajstić information content (AvgIpc) is 2.89. The number of carbonyl (C=O) groups is 1. The molecule has 94 valence electrons. The van der Waals surface area contributed by atoms with Crippen LogP contribution in [0.1, 0.15) is 16.2 Å². The van der Waals surface area contributed by atoms with E-state index in [1.807, 2.05) is 24.3 Å². The lowest BCUT2D eigenvalue weighted by molar-refractivity contribution is 0.0827. The van der Waals surface area contributed by atoms with Gasteiger partial charge in [0.2, 0.25) is 0 Å². The standard InChI is InChI=1S/C13H16N4O/c1-17(2)13(18)10-3-5-11(6-4-10)16-9-12-14-7-8-15-12/h3-8,16H,9H2,1-2H3,(H,14,15). The maximum absolute atomic E-state index is 11.7. The molecule has 2 N–H and O–H groups in total. The Morgan fingerprint density at radius 1 is 1.33 bits per heavy atom. The summed E-state index contributed by atoms with van der Waals surface area (Å²) in [5.41, 5.74) is 1.64. The third kappa shape index (κ3) is 2.88. The first-order chi connectivity index (χ1) is 8.66. The molecule has 1 heterocycles. The molecule has 0 unspecified atom stereocenters. The average molecular weight is 244 g/mol. The molecular formula is C13H16N4O. The summed E-state index contributed by atoms with van der Waals surface area (Å²) >= 11 is 0. The Morgan fingerprint density at radius 2 is 2.06 bits per heavy atom. The second-order valence-electron chi connectivity index (χ2n) is 4.17. The second kappa shape index (κ2) is 5.35. The van der Waals surface area contributed by atoms with E-state index in [2.05, 4.69) is 15.3 Å². The Labute approximate surface area is 106 Å². The van der Waals surface area contributed by atoms with Crippen molar-refractivity contribution < 1.29 is 4.79 Å². The van der Waals surface area contributed by atoms with E-state index in [0.29, 0.717) is 12.1 Å². The molecule has 5 nitrogen and oxygen atoms in total. The van der Waals surface area contributed by atoms with Gasteiger partial charge in [0, 0.05) is 37.7 Å². The highest BCUT2D eigenvalue weighted by Crippen LogP contribution is 2.11. The zero-order valence-corrected chi connectivity index (χ0v) is 10.5. The summed E-state index contributed by atoms with van der Waals surface area (Å²) in [7, 11) is 3.48. The predicted molar refractivity (Wildman–Crippen MR) is 70.4 cm³/mol. The molecule has 0 fully saturated rings. The number of hydrogen-bond donors (Lipinski definition) is 2. The lowest BCUT2D eigenvalue weighted by Crippen LogP contribution is -2.21. The Kier molecular flexibility index (Phi) is 3.62. The molecular weight excluding hydrogens is 228 g/mol. The smallest absolute Gasteiger partial charge is 0.253 e. The molecule has 5 heteroatoms. The number of nitrogens with one attached hydrogen (secondary N) is 2. The van der Waals surface area contributed by atoms with Crippen LogP contribution < -0.4 is 5.32 Å². The molecule has 0 aliphatic carbocycles. The van der Waals surface area contributed by atoms with Crippen LogP contribution >= 0.6 is 0 Å². The van der Waals surface area contributed by atoms with Gasteiger partial charge in [-0.3, -0.25) is 4.79 Å². The number of rotatable bonds is 4. The number of amides is 1. The van der Waals surface area contributed by atoms with Crippen LogP contribution in [-0.2, 0) is 6.54 Å². The van der Waals surface area contributed by atoms with Crippen LogP contribution in [0.25, 0.3) is 0 Å². The highest BCUT2D eigenvalue weighted by atomic mass is 16.2. The predicted octanol–water partition coefficient (Wildman–Crippen LogP) is 1.72. The van der Waals surface area contributed by atoms with Crippen molar-refractivity contribution >= 4 is 11.6 Å². The Balaban J connectivity index is 1.97. The molecule has 0 bridgehead atoms. The minimum atomic E-state index is 0.00702. The zero-order chi connectivity index (χ0) is 13.0. The fraction of sp³-hybridized carbons (Fsp3) is 0.231. The molecule has 1 amide bonds. The number of anilines is 1. The van der Waals surface area contributed by atoms with Crippen LogP contribution in [0.3, 0.4) is 0 Å². The number of aromatic nitrogens is 2. The minimum Gasteiger partial charge on any atom is -0.378 e. The summed E-state index contributed by atoms with van der Waals surface area (Å²) in [6.45, 7) is 0.633. The first-order valence-corrected chi connectivity index (χ1v) is 5.70. The molecule has 2 aromatic rings. The molecule has 2 rings (SSSR count). The summed E-state index contributed by atoms with van der Waals surface area (Å²) in [5, 5.41) is 3.22. The first-order valence-electron chi connectivity index (χ1n) is 5.70. The maximum atomic E-state index is 11.7. The topological polar surface area (TPSA) is 61.0 Å². The van der Waals surface area contributed by atoms with Crippen molar-refractivity contribution in [2.24, 2.45) is 0 Å². The van der Waals surface area contributed by atoms with Gasteiger partial charge in [0.05, 0.1) is 6.54 Å². The Morgan fingerprint density at radius 3 is 2.61 bits per heavy atom. The summed E-state index contributed by atoms with van der Waals surface area (Å²) in [6, 6.07) is 7.40. The highest BCUT2D eigenvalue weighted by molar-refractivity contribution is 5.94. The Bertz CT molecular complexity index is 502. The van der Waals surface area contributed by atoms with Gasteiger partial charge in [-0.2, -0.15) is 0 Å². The van der Waals surface area contributed by atoms with Gasteiger partial charge >= 0.3 is 0 Å². The van der Waals surface area contributed by atoms with E-state index < -0.39 is 0 Å². The number of aromatic amines is 1. The van der Waals surface area contributed by atoms with Crippen molar-refractivity contribution in [2.45, 2.75) is 6.54 Å². The largest absolute Gasteiger partial charge is 0.378 e. The number of carbonyl (C=O) groups excluding carboxylic acids is 1. The fourth-order valence-corrected chi connectivity index (χ4v) is 1.57. The van der Waals surface area contributed by atoms with Gasteiger partial charge in [-0.15, -0.1) is 0 Å². The molecule has 1 aromatic carbocycles. The van der Waals surface area contributed by atoms with Gasteiger partial charge in [0.15, 0.2) is 0 Å². The monoisotopic (exact) mass is 244 g/mol. The van der Waals surface area contributed by atoms with E-state index in [1.54, 1.807) is 31.4 Å². The van der Waals surface area contributed by atoms with Crippen molar-refractivity contribution in [1.82, 2.24) is 14.9 Å². The van der Waals surface area contributed by atoms with Crippen molar-refractivity contribution in [1.29, 1.82) is 0 Å². The van der Waals surface area contributed by atoms with Crippen LogP contribution in [0.2, 0.25) is 0 Å². The van der Waals surface area contributed by atoms with Crippen molar-refractivity contribution in [3.63, 3.8) is 0 Å². The summed E-state index contributed by atoms with van der Waals surface area (Å²) in [4.78, 5) is 20.4. The molecule has 0 aliphatic rings. The minimum absolute atomic E-state index is 0.00702. The quantitative estimate of drug-likeness (QED) is 0.861. The lowest BCUT2D eigenvalue weighted by Gasteiger charge is -2.11. The normalized spacial score (nSPS) is 10.1. The number of benzene rings is 1. The molecule has 18 heavy (non-hydrogen) atoms. The lowest BCUT2D eigenvalue weighted by atomic mass is 10.2. The van der Waals surface area contributed by atoms with Gasteiger partial charge in [0.1, 0.15) is 5.82 Å². The second-order valence-corrected chi connectivity index (χ2v) is 4.17. The van der Waals surface area contributed by atoms with Crippen LogP contribution in [-0.4, -0.2) is 34.9 Å². The van der Waals surface area contributed by atoms with E-state index in [4.69, 9.17) is 0 Å². The summed E-state index contributed by atoms with van der Waals surface area (Å²) in [5.74, 6) is 0.885. The zero-order valence-electron chi connectivity index (χ0n) is 10.5. The van der Waals surface area contributed by atoms with E-state index >= 15 is 0 Å². The van der Waals surface area contributed by atoms with Crippen LogP contribution in [0.5, 0.6) is 0 Å². The van der Waals surface area contributed by atoms with Crippen LogP contribution in [0.4, 0.5) is 5.69 Å². The van der Waals surface area contributed by atoms with Gasteiger partial charge in [-0.1, -0.05) is 0 Å². The number of nitrogens with zero attached hydrogens (tertiary/aromatic N) is 2. The molecule has 1 aromatic heterocycles. The third-order valence-corrected chi connectivity index (χ3v) is 2.55. The maximum Gasteiger partial charge on any atom is 0.253 e. The number of imidazole rings is 1. The number of H-pyrrole nitrogens is 1. The molecule has 0 spiro atoms. The molecule has 0 aliphatic heterocycles. The molecule has 0 saturated heterocycles. The van der Waals surface area contributed by atoms with Crippen molar-refractivity contribution in [2.75, 3.05) is 19.4 Å². The first kappa shape index (κ1) is 12.2. The van der Waals surface area contributed by atoms with E-state index in [9.17, 15) is 4.79 Å². The van der Waals surface area contributed by atoms with Gasteiger partial charge < -0.3 is 15.2 Å². The molecule has 0 saturated carbocycles. The SMILES string of the molecule is CN(C)C(=O)c1ccc(NCc2ncc[nH]2)cc1. The molecule has 0 radical (unpaired) electrons. The molecule has 0 atom stereocenters. The van der Waals surface area contributed by atoms with Gasteiger partial charge in [0.25, 0.3) is 5.91 Å². The third-order valence-electron chi connectivity index (χ3n) is 2.55. The number of hydrogen-bond acceptors (Lipinski definition) is 3. The van der Waals surface area contributed by atoms with Gasteiger partial charge in [-0.25, -0.2) is 4.98 Å². The highest BCUT2D eigenvalue weighted by Gasteiger charge is 2.06. The fourth-order valence-electron chi connectivity index (χ4n) is 1.57. The summed E-state index contributed by atoms with van der Waals surface area (Å²) < 4.78 is 0. The summed E-state index contributed by atoms with van der Waals surface area (Å²) in [6.07, 6.45) is 3.51. The van der Waals surface area contributed by atoms with E-state index in [0.717, 1.165) is 11.5 Å². The van der Waals surface area contributed by atoms with E-state index in [1.165, 1.54) is 0 Å². The Hall–Kier alpha value is -2.30. The van der Waals surface area contributed by atoms with Crippen molar-refractivity contribution in [3.8, 4) is 0 Å². The van der Waals surface area contributed by atoms with Crippen LogP contribution in [0.15, 0.2) is 36.7 Å².